The Labute approximate surface area is 101 Å². The first-order chi connectivity index (χ1) is 8.25. The Morgan fingerprint density at radius 1 is 1.29 bits per heavy atom. The van der Waals surface area contributed by atoms with Crippen LogP contribution in [-0.2, 0) is 0 Å². The maximum Gasteiger partial charge on any atom is 0.123 e. The molecule has 0 radical (unpaired) electrons. The lowest BCUT2D eigenvalue weighted by atomic mass is 9.93. The van der Waals surface area contributed by atoms with Crippen molar-refractivity contribution >= 4 is 0 Å². The van der Waals surface area contributed by atoms with Crippen molar-refractivity contribution in [2.45, 2.75) is 18.9 Å². The number of aliphatic hydroxyl groups excluding tert-OH is 1. The van der Waals surface area contributed by atoms with Crippen LogP contribution in [0, 0.1) is 11.7 Å². The average Bonchev–Trinajstić information content (AvgIpc) is 2.39. The van der Waals surface area contributed by atoms with Crippen LogP contribution < -0.4 is 10.1 Å². The predicted octanol–water partition coefficient (Wildman–Crippen LogP) is 1.56. The fraction of sp³-hybridized carbons (Fsp3) is 0.538. The molecule has 2 N–H and O–H groups in total. The van der Waals surface area contributed by atoms with E-state index < -0.39 is 6.10 Å². The molecule has 1 aliphatic rings. The third-order valence-electron chi connectivity index (χ3n) is 3.16. The summed E-state index contributed by atoms with van der Waals surface area (Å²) in [7, 11) is 0. The van der Waals surface area contributed by atoms with E-state index in [1.807, 2.05) is 0 Å². The van der Waals surface area contributed by atoms with E-state index in [0.717, 1.165) is 25.9 Å². The van der Waals surface area contributed by atoms with E-state index in [2.05, 4.69) is 5.32 Å². The second kappa shape index (κ2) is 5.98. The summed E-state index contributed by atoms with van der Waals surface area (Å²) in [5.41, 5.74) is 0. The lowest BCUT2D eigenvalue weighted by molar-refractivity contribution is 0.0442. The molecular weight excluding hydrogens is 221 g/mol. The molecule has 0 saturated carbocycles. The van der Waals surface area contributed by atoms with Gasteiger partial charge in [0.1, 0.15) is 18.2 Å². The summed E-state index contributed by atoms with van der Waals surface area (Å²) in [5, 5.41) is 13.2. The minimum Gasteiger partial charge on any atom is -0.491 e. The Morgan fingerprint density at radius 2 is 1.94 bits per heavy atom. The van der Waals surface area contributed by atoms with Crippen molar-refractivity contribution in [2.24, 2.45) is 5.92 Å². The summed E-state index contributed by atoms with van der Waals surface area (Å²) in [5.74, 6) is 0.618. The number of ether oxygens (including phenoxy) is 1. The number of benzene rings is 1. The highest BCUT2D eigenvalue weighted by Crippen LogP contribution is 2.18. The molecule has 1 aromatic rings. The Hall–Kier alpha value is -1.13. The van der Waals surface area contributed by atoms with Gasteiger partial charge in [0, 0.05) is 0 Å². The van der Waals surface area contributed by atoms with Gasteiger partial charge in [-0.15, -0.1) is 0 Å². The van der Waals surface area contributed by atoms with Gasteiger partial charge in [-0.3, -0.25) is 0 Å². The van der Waals surface area contributed by atoms with Gasteiger partial charge in [-0.05, 0) is 56.1 Å². The molecule has 0 amide bonds. The number of halogens is 1. The maximum absolute atomic E-state index is 12.7. The molecule has 2 rings (SSSR count). The molecule has 0 spiro atoms. The van der Waals surface area contributed by atoms with Crippen LogP contribution in [0.25, 0.3) is 0 Å². The monoisotopic (exact) mass is 239 g/mol. The highest BCUT2D eigenvalue weighted by molar-refractivity contribution is 5.22. The molecule has 1 saturated heterocycles. The van der Waals surface area contributed by atoms with E-state index in [1.165, 1.54) is 12.1 Å². The van der Waals surface area contributed by atoms with Gasteiger partial charge in [0.25, 0.3) is 0 Å². The topological polar surface area (TPSA) is 41.5 Å². The van der Waals surface area contributed by atoms with Crippen molar-refractivity contribution in [3.8, 4) is 5.75 Å². The van der Waals surface area contributed by atoms with E-state index in [0.29, 0.717) is 11.7 Å². The van der Waals surface area contributed by atoms with E-state index in [-0.39, 0.29) is 12.4 Å². The SMILES string of the molecule is OC(COc1ccc(F)cc1)C1CCNCC1. The predicted molar refractivity (Wildman–Crippen MR) is 63.5 cm³/mol. The molecule has 94 valence electrons. The van der Waals surface area contributed by atoms with Gasteiger partial charge < -0.3 is 15.2 Å². The van der Waals surface area contributed by atoms with Crippen molar-refractivity contribution in [3.63, 3.8) is 0 Å². The first-order valence-electron chi connectivity index (χ1n) is 6.03. The van der Waals surface area contributed by atoms with E-state index >= 15 is 0 Å². The van der Waals surface area contributed by atoms with Crippen LogP contribution in [0.4, 0.5) is 4.39 Å². The lowest BCUT2D eigenvalue weighted by Crippen LogP contribution is -2.36. The molecule has 1 aromatic carbocycles. The lowest BCUT2D eigenvalue weighted by Gasteiger charge is -2.27. The third-order valence-corrected chi connectivity index (χ3v) is 3.16. The number of hydrogen-bond donors (Lipinski definition) is 2. The van der Waals surface area contributed by atoms with Crippen LogP contribution in [0.2, 0.25) is 0 Å². The van der Waals surface area contributed by atoms with Gasteiger partial charge in [0.2, 0.25) is 0 Å². The summed E-state index contributed by atoms with van der Waals surface area (Å²) >= 11 is 0. The minimum absolute atomic E-state index is 0.274. The van der Waals surface area contributed by atoms with Gasteiger partial charge in [0.05, 0.1) is 6.10 Å². The quantitative estimate of drug-likeness (QED) is 0.838. The Balaban J connectivity index is 1.78. The molecule has 3 nitrogen and oxygen atoms in total. The molecule has 0 aromatic heterocycles. The Morgan fingerprint density at radius 3 is 2.59 bits per heavy atom. The van der Waals surface area contributed by atoms with Crippen LogP contribution in [-0.4, -0.2) is 30.9 Å². The summed E-state index contributed by atoms with van der Waals surface area (Å²) in [6.07, 6.45) is 1.52. The molecule has 0 aliphatic carbocycles. The smallest absolute Gasteiger partial charge is 0.123 e. The molecular formula is C13H18FNO2. The van der Waals surface area contributed by atoms with Crippen LogP contribution in [0.5, 0.6) is 5.75 Å². The number of nitrogens with one attached hydrogen (secondary N) is 1. The van der Waals surface area contributed by atoms with Crippen LogP contribution in [0.3, 0.4) is 0 Å². The largest absolute Gasteiger partial charge is 0.491 e. The fourth-order valence-corrected chi connectivity index (χ4v) is 2.08. The number of hydrogen-bond acceptors (Lipinski definition) is 3. The summed E-state index contributed by atoms with van der Waals surface area (Å²) in [4.78, 5) is 0. The zero-order chi connectivity index (χ0) is 12.1. The first kappa shape index (κ1) is 12.3. The molecule has 1 fully saturated rings. The molecule has 1 unspecified atom stereocenters. The van der Waals surface area contributed by atoms with Gasteiger partial charge in [-0.1, -0.05) is 0 Å². The van der Waals surface area contributed by atoms with Crippen LogP contribution >= 0.6 is 0 Å². The van der Waals surface area contributed by atoms with E-state index in [4.69, 9.17) is 4.74 Å². The van der Waals surface area contributed by atoms with Gasteiger partial charge >= 0.3 is 0 Å². The summed E-state index contributed by atoms with van der Waals surface area (Å²) in [6.45, 7) is 2.19. The Kier molecular flexibility index (Phi) is 4.34. The van der Waals surface area contributed by atoms with E-state index in [9.17, 15) is 9.50 Å². The molecule has 1 heterocycles. The zero-order valence-electron chi connectivity index (χ0n) is 9.73. The normalized spacial score (nSPS) is 18.9. The zero-order valence-corrected chi connectivity index (χ0v) is 9.73. The van der Waals surface area contributed by atoms with Crippen LogP contribution in [0.15, 0.2) is 24.3 Å². The minimum atomic E-state index is -0.442. The van der Waals surface area contributed by atoms with E-state index in [1.54, 1.807) is 12.1 Å². The highest BCUT2D eigenvalue weighted by atomic mass is 19.1. The number of aliphatic hydroxyl groups is 1. The van der Waals surface area contributed by atoms with Crippen molar-refractivity contribution in [1.29, 1.82) is 0 Å². The maximum atomic E-state index is 12.7. The van der Waals surface area contributed by atoms with Gasteiger partial charge in [0.15, 0.2) is 0 Å². The average molecular weight is 239 g/mol. The van der Waals surface area contributed by atoms with Gasteiger partial charge in [-0.25, -0.2) is 4.39 Å². The standard InChI is InChI=1S/C13H18FNO2/c14-11-1-3-12(4-2-11)17-9-13(16)10-5-7-15-8-6-10/h1-4,10,13,15-16H,5-9H2. The fourth-order valence-electron chi connectivity index (χ4n) is 2.08. The highest BCUT2D eigenvalue weighted by Gasteiger charge is 2.21. The molecule has 1 atom stereocenters. The third kappa shape index (κ3) is 3.68. The van der Waals surface area contributed by atoms with Crippen molar-refractivity contribution < 1.29 is 14.2 Å². The molecule has 0 bridgehead atoms. The van der Waals surface area contributed by atoms with Gasteiger partial charge in [-0.2, -0.15) is 0 Å². The second-order valence-electron chi connectivity index (χ2n) is 4.42. The number of rotatable bonds is 4. The van der Waals surface area contributed by atoms with Crippen LogP contribution in [0.1, 0.15) is 12.8 Å². The van der Waals surface area contributed by atoms with Crippen molar-refractivity contribution in [2.75, 3.05) is 19.7 Å². The first-order valence-corrected chi connectivity index (χ1v) is 6.03. The molecule has 17 heavy (non-hydrogen) atoms. The molecule has 1 aliphatic heterocycles. The van der Waals surface area contributed by atoms with Crippen molar-refractivity contribution in [1.82, 2.24) is 5.32 Å². The summed E-state index contributed by atoms with van der Waals surface area (Å²) < 4.78 is 18.1. The Bertz CT molecular complexity index is 336. The summed E-state index contributed by atoms with van der Waals surface area (Å²) in [6, 6.07) is 5.85. The number of piperidine rings is 1. The molecule has 4 heteroatoms. The van der Waals surface area contributed by atoms with Crippen molar-refractivity contribution in [3.05, 3.63) is 30.1 Å². The second-order valence-corrected chi connectivity index (χ2v) is 4.42.